The van der Waals surface area contributed by atoms with E-state index in [1.54, 1.807) is 11.3 Å². The molecule has 1 aliphatic rings. The van der Waals surface area contributed by atoms with E-state index in [1.807, 2.05) is 6.92 Å². The fourth-order valence-corrected chi connectivity index (χ4v) is 3.08. The maximum absolute atomic E-state index is 5.46. The lowest BCUT2D eigenvalue weighted by molar-refractivity contribution is 0.240. The van der Waals surface area contributed by atoms with Crippen LogP contribution in [-0.2, 0) is 13.1 Å². The average molecular weight is 294 g/mol. The number of hydrogen-bond donors (Lipinski definition) is 1. The zero-order chi connectivity index (χ0) is 13.9. The fourth-order valence-electron chi connectivity index (χ4n) is 2.22. The van der Waals surface area contributed by atoms with E-state index in [-0.39, 0.29) is 0 Å². The van der Waals surface area contributed by atoms with E-state index in [4.69, 9.17) is 10.3 Å². The first-order valence-electron chi connectivity index (χ1n) is 6.65. The van der Waals surface area contributed by atoms with E-state index in [2.05, 4.69) is 30.3 Å². The van der Waals surface area contributed by atoms with Gasteiger partial charge in [0.05, 0.1) is 18.8 Å². The second kappa shape index (κ2) is 5.86. The molecule has 0 spiro atoms. The lowest BCUT2D eigenvalue weighted by Crippen LogP contribution is -2.46. The van der Waals surface area contributed by atoms with Gasteiger partial charge in [0.1, 0.15) is 0 Å². The van der Waals surface area contributed by atoms with Crippen molar-refractivity contribution in [3.8, 4) is 0 Å². The van der Waals surface area contributed by atoms with Gasteiger partial charge in [-0.25, -0.2) is 4.98 Å². The predicted octanol–water partition coefficient (Wildman–Crippen LogP) is 0.615. The zero-order valence-electron chi connectivity index (χ0n) is 11.4. The summed E-state index contributed by atoms with van der Waals surface area (Å²) >= 11 is 1.71. The number of anilines is 1. The molecule has 0 unspecified atom stereocenters. The molecule has 108 valence electrons. The van der Waals surface area contributed by atoms with Gasteiger partial charge in [0.15, 0.2) is 11.0 Å². The number of hydrogen-bond acceptors (Lipinski definition) is 8. The van der Waals surface area contributed by atoms with E-state index in [9.17, 15) is 0 Å². The summed E-state index contributed by atoms with van der Waals surface area (Å²) in [6, 6.07) is 0. The van der Waals surface area contributed by atoms with E-state index in [0.717, 1.165) is 37.0 Å². The quantitative estimate of drug-likeness (QED) is 0.884. The van der Waals surface area contributed by atoms with Crippen LogP contribution in [-0.4, -0.2) is 46.2 Å². The molecule has 2 N–H and O–H groups in total. The summed E-state index contributed by atoms with van der Waals surface area (Å²) < 4.78 is 5.02. The standard InChI is InChI=1S/C12H18N6OS/c1-9-8-20-12(14-9)18-4-2-17(3-5-18)7-10-15-11(6-13)19-16-10/h8H,2-7,13H2,1H3. The van der Waals surface area contributed by atoms with Crippen LogP contribution in [0.15, 0.2) is 9.90 Å². The highest BCUT2D eigenvalue weighted by Gasteiger charge is 2.20. The van der Waals surface area contributed by atoms with Crippen molar-refractivity contribution in [2.45, 2.75) is 20.0 Å². The number of aromatic nitrogens is 3. The van der Waals surface area contributed by atoms with E-state index in [0.29, 0.717) is 24.8 Å². The van der Waals surface area contributed by atoms with Crippen LogP contribution in [0, 0.1) is 6.92 Å². The summed E-state index contributed by atoms with van der Waals surface area (Å²) in [4.78, 5) is 13.4. The number of thiazole rings is 1. The largest absolute Gasteiger partial charge is 0.346 e. The number of rotatable bonds is 4. The van der Waals surface area contributed by atoms with Crippen LogP contribution in [0.4, 0.5) is 5.13 Å². The first kappa shape index (κ1) is 13.5. The number of nitrogens with zero attached hydrogens (tertiary/aromatic N) is 5. The third-order valence-electron chi connectivity index (χ3n) is 3.30. The third kappa shape index (κ3) is 2.97. The Morgan fingerprint density at radius 1 is 1.30 bits per heavy atom. The summed E-state index contributed by atoms with van der Waals surface area (Å²) in [7, 11) is 0. The maximum atomic E-state index is 5.46. The van der Waals surface area contributed by atoms with Crippen LogP contribution in [0.3, 0.4) is 0 Å². The molecule has 0 atom stereocenters. The minimum atomic E-state index is 0.296. The van der Waals surface area contributed by atoms with Crippen molar-refractivity contribution in [2.75, 3.05) is 31.1 Å². The molecular weight excluding hydrogens is 276 g/mol. The van der Waals surface area contributed by atoms with Gasteiger partial charge in [-0.2, -0.15) is 4.98 Å². The normalized spacial score (nSPS) is 16.8. The van der Waals surface area contributed by atoms with Crippen LogP contribution in [0.25, 0.3) is 0 Å². The molecule has 1 saturated heterocycles. The van der Waals surface area contributed by atoms with Gasteiger partial charge in [-0.3, -0.25) is 4.90 Å². The lowest BCUT2D eigenvalue weighted by Gasteiger charge is -2.33. The molecule has 0 radical (unpaired) electrons. The Morgan fingerprint density at radius 2 is 2.10 bits per heavy atom. The number of aryl methyl sites for hydroxylation is 1. The van der Waals surface area contributed by atoms with Gasteiger partial charge in [-0.15, -0.1) is 11.3 Å². The Labute approximate surface area is 121 Å². The van der Waals surface area contributed by atoms with Gasteiger partial charge >= 0.3 is 0 Å². The molecule has 1 aliphatic heterocycles. The van der Waals surface area contributed by atoms with E-state index < -0.39 is 0 Å². The highest BCUT2D eigenvalue weighted by Crippen LogP contribution is 2.21. The van der Waals surface area contributed by atoms with Crippen LogP contribution >= 0.6 is 11.3 Å². The second-order valence-electron chi connectivity index (χ2n) is 4.84. The zero-order valence-corrected chi connectivity index (χ0v) is 12.3. The molecular formula is C12H18N6OS. The molecule has 0 bridgehead atoms. The fraction of sp³-hybridized carbons (Fsp3) is 0.583. The first-order chi connectivity index (χ1) is 9.74. The molecule has 3 rings (SSSR count). The molecule has 0 aliphatic carbocycles. The highest BCUT2D eigenvalue weighted by atomic mass is 32.1. The van der Waals surface area contributed by atoms with E-state index >= 15 is 0 Å². The first-order valence-corrected chi connectivity index (χ1v) is 7.53. The minimum absolute atomic E-state index is 0.296. The number of nitrogens with two attached hydrogens (primary N) is 1. The monoisotopic (exact) mass is 294 g/mol. The smallest absolute Gasteiger partial charge is 0.240 e. The molecule has 0 amide bonds. The molecule has 2 aromatic heterocycles. The van der Waals surface area contributed by atoms with E-state index in [1.165, 1.54) is 0 Å². The van der Waals surface area contributed by atoms with Crippen molar-refractivity contribution in [2.24, 2.45) is 5.73 Å². The van der Waals surface area contributed by atoms with Gasteiger partial charge in [0.2, 0.25) is 5.89 Å². The summed E-state index contributed by atoms with van der Waals surface area (Å²) in [5.74, 6) is 1.21. The Kier molecular flexibility index (Phi) is 3.95. The van der Waals surface area contributed by atoms with Gasteiger partial charge in [0.25, 0.3) is 0 Å². The van der Waals surface area contributed by atoms with Gasteiger partial charge < -0.3 is 15.2 Å². The topological polar surface area (TPSA) is 84.3 Å². The summed E-state index contributed by atoms with van der Waals surface area (Å²) in [6.45, 7) is 6.96. The summed E-state index contributed by atoms with van der Waals surface area (Å²) in [5, 5.41) is 7.14. The molecule has 7 nitrogen and oxygen atoms in total. The van der Waals surface area contributed by atoms with Crippen LogP contribution in [0.1, 0.15) is 17.4 Å². The van der Waals surface area contributed by atoms with Crippen molar-refractivity contribution >= 4 is 16.5 Å². The number of piperazine rings is 1. The van der Waals surface area contributed by atoms with Crippen LogP contribution in [0.5, 0.6) is 0 Å². The van der Waals surface area contributed by atoms with Crippen molar-refractivity contribution < 1.29 is 4.52 Å². The van der Waals surface area contributed by atoms with Crippen LogP contribution in [0.2, 0.25) is 0 Å². The maximum Gasteiger partial charge on any atom is 0.240 e. The summed E-state index contributed by atoms with van der Waals surface area (Å²) in [6.07, 6.45) is 0. The molecule has 8 heteroatoms. The highest BCUT2D eigenvalue weighted by molar-refractivity contribution is 7.13. The molecule has 2 aromatic rings. The van der Waals surface area contributed by atoms with Gasteiger partial charge in [-0.05, 0) is 6.92 Å². The summed E-state index contributed by atoms with van der Waals surface area (Å²) in [5.41, 5.74) is 6.55. The molecule has 3 heterocycles. The molecule has 0 saturated carbocycles. The van der Waals surface area contributed by atoms with Gasteiger partial charge in [-0.1, -0.05) is 5.16 Å². The van der Waals surface area contributed by atoms with Crippen molar-refractivity contribution in [3.63, 3.8) is 0 Å². The molecule has 0 aromatic carbocycles. The average Bonchev–Trinajstić information content (AvgIpc) is 3.09. The third-order valence-corrected chi connectivity index (χ3v) is 4.32. The predicted molar refractivity (Wildman–Crippen MR) is 76.5 cm³/mol. The lowest BCUT2D eigenvalue weighted by atomic mass is 10.3. The van der Waals surface area contributed by atoms with Crippen molar-refractivity contribution in [3.05, 3.63) is 22.8 Å². The Balaban J connectivity index is 1.53. The minimum Gasteiger partial charge on any atom is -0.346 e. The van der Waals surface area contributed by atoms with Gasteiger partial charge in [0, 0.05) is 31.6 Å². The second-order valence-corrected chi connectivity index (χ2v) is 5.68. The van der Waals surface area contributed by atoms with Crippen LogP contribution < -0.4 is 10.6 Å². The molecule has 1 fully saturated rings. The SMILES string of the molecule is Cc1csc(N2CCN(Cc3noc(CN)n3)CC2)n1. The Bertz CT molecular complexity index is 560. The van der Waals surface area contributed by atoms with Crippen molar-refractivity contribution in [1.82, 2.24) is 20.0 Å². The molecule has 20 heavy (non-hydrogen) atoms. The Hall–Kier alpha value is -1.51. The van der Waals surface area contributed by atoms with Crippen molar-refractivity contribution in [1.29, 1.82) is 0 Å². The Morgan fingerprint density at radius 3 is 2.70 bits per heavy atom.